The van der Waals surface area contributed by atoms with Gasteiger partial charge in [0.1, 0.15) is 11.9 Å². The lowest BCUT2D eigenvalue weighted by Crippen LogP contribution is -2.29. The van der Waals surface area contributed by atoms with Crippen molar-refractivity contribution in [3.05, 3.63) is 58.2 Å². The van der Waals surface area contributed by atoms with Gasteiger partial charge in [-0.2, -0.15) is 5.10 Å². The molecular weight excluding hydrogens is 428 g/mol. The highest BCUT2D eigenvalue weighted by Crippen LogP contribution is 2.37. The standard InChI is InChI=1S/C21H22Cl2FN5O/c1-12(19-16(22)2-3-17(24)20(19)23)30-18-8-13(9-27-21(18)25)14-10-28-29(11-14)15-4-6-26-7-5-15/h2-3,8-12,15,26H,4-7H2,1H3,(H2,25,27)/t12-/m0/s1/i1D3,4D2,6D2,7D2,12D,15D/t12-,15?. The molecule has 0 spiro atoms. The number of nitrogen functional groups attached to an aromatic ring is 1. The molecule has 1 unspecified atom stereocenters. The minimum atomic E-state index is -3.28. The van der Waals surface area contributed by atoms with Crippen molar-refractivity contribution in [2.24, 2.45) is 0 Å². The normalized spacial score (nSPS) is 32.0. The Morgan fingerprint density at radius 3 is 3.13 bits per heavy atom. The van der Waals surface area contributed by atoms with E-state index in [2.05, 4.69) is 10.1 Å². The van der Waals surface area contributed by atoms with E-state index >= 15 is 0 Å². The maximum absolute atomic E-state index is 14.3. The molecule has 0 aliphatic carbocycles. The van der Waals surface area contributed by atoms with Crippen LogP contribution < -0.4 is 15.8 Å². The van der Waals surface area contributed by atoms with Gasteiger partial charge in [0, 0.05) is 46.4 Å². The lowest BCUT2D eigenvalue weighted by molar-refractivity contribution is 0.227. The van der Waals surface area contributed by atoms with Crippen LogP contribution >= 0.6 is 23.2 Å². The van der Waals surface area contributed by atoms with Crippen LogP contribution in [0.2, 0.25) is 10.0 Å². The van der Waals surface area contributed by atoms with Gasteiger partial charge in [0.15, 0.2) is 11.6 Å². The Morgan fingerprint density at radius 1 is 1.43 bits per heavy atom. The lowest BCUT2D eigenvalue weighted by atomic mass is 10.1. The van der Waals surface area contributed by atoms with Crippen LogP contribution in [0, 0.1) is 5.82 Å². The molecule has 0 radical (unpaired) electrons. The number of piperidine rings is 1. The molecule has 1 aliphatic heterocycles. The largest absolute Gasteiger partial charge is 0.482 e. The third-order valence-corrected chi connectivity index (χ3v) is 4.86. The van der Waals surface area contributed by atoms with Gasteiger partial charge in [-0.15, -0.1) is 0 Å². The minimum Gasteiger partial charge on any atom is -0.482 e. The number of benzene rings is 1. The first kappa shape index (κ1) is 11.3. The van der Waals surface area contributed by atoms with E-state index in [1.807, 2.05) is 5.32 Å². The number of rotatable bonds is 5. The molecule has 1 fully saturated rings. The highest BCUT2D eigenvalue weighted by atomic mass is 35.5. The molecule has 158 valence electrons. The van der Waals surface area contributed by atoms with E-state index in [4.69, 9.17) is 48.8 Å². The quantitative estimate of drug-likeness (QED) is 0.521. The first-order chi connectivity index (χ1) is 18.6. The lowest BCUT2D eigenvalue weighted by Gasteiger charge is -2.22. The highest BCUT2D eigenvalue weighted by molar-refractivity contribution is 6.36. The Balaban J connectivity index is 1.78. The number of hydrogen-bond donors (Lipinski definition) is 2. The van der Waals surface area contributed by atoms with Crippen LogP contribution in [0.3, 0.4) is 0 Å². The molecule has 0 saturated carbocycles. The fraction of sp³-hybridized carbons (Fsp3) is 0.333. The number of halogens is 3. The van der Waals surface area contributed by atoms with Crippen LogP contribution in [0.5, 0.6) is 5.75 Å². The molecule has 3 N–H and O–H groups in total. The van der Waals surface area contributed by atoms with Crippen molar-refractivity contribution in [1.82, 2.24) is 20.1 Å². The summed E-state index contributed by atoms with van der Waals surface area (Å²) < 4.78 is 110. The van der Waals surface area contributed by atoms with Crippen LogP contribution in [-0.4, -0.2) is 27.8 Å². The SMILES string of the molecule is [2H]C1([2H])CC([2H])(n2cc(-c3cnc(N)c(O[C@]([2H])(c4c(Cl)ccc(F)c4Cl)C([2H])([2H])[2H])c3)cn2)C([2H])([2H])C([2H])([2H])N1. The molecule has 6 nitrogen and oxygen atoms in total. The third-order valence-electron chi connectivity index (χ3n) is 4.17. The van der Waals surface area contributed by atoms with Gasteiger partial charge in [-0.05, 0) is 50.8 Å². The monoisotopic (exact) mass is 460 g/mol. The predicted molar refractivity (Wildman–Crippen MR) is 116 cm³/mol. The molecule has 3 aromatic rings. The van der Waals surface area contributed by atoms with Gasteiger partial charge in [-0.25, -0.2) is 9.37 Å². The summed E-state index contributed by atoms with van der Waals surface area (Å²) in [6, 6.07) is 0.533. The van der Waals surface area contributed by atoms with Crippen LogP contribution in [0.25, 0.3) is 11.1 Å². The number of pyridine rings is 1. The van der Waals surface area contributed by atoms with Crippen molar-refractivity contribution in [2.45, 2.75) is 31.7 Å². The third kappa shape index (κ3) is 4.24. The van der Waals surface area contributed by atoms with E-state index in [0.717, 1.165) is 29.2 Å². The van der Waals surface area contributed by atoms with Crippen molar-refractivity contribution in [1.29, 1.82) is 0 Å². The van der Waals surface area contributed by atoms with Gasteiger partial charge in [-0.3, -0.25) is 4.68 Å². The van der Waals surface area contributed by atoms with Gasteiger partial charge in [0.2, 0.25) is 0 Å². The Morgan fingerprint density at radius 2 is 2.30 bits per heavy atom. The van der Waals surface area contributed by atoms with E-state index in [9.17, 15) is 4.39 Å². The average Bonchev–Trinajstić information content (AvgIpc) is 3.31. The maximum Gasteiger partial charge on any atom is 0.166 e. The summed E-state index contributed by atoms with van der Waals surface area (Å²) in [4.78, 5) is 3.95. The molecular formula is C21H22Cl2FN5O. The highest BCUT2D eigenvalue weighted by Gasteiger charge is 2.21. The van der Waals surface area contributed by atoms with Gasteiger partial charge in [0.05, 0.1) is 20.0 Å². The fourth-order valence-corrected chi connectivity index (χ4v) is 3.21. The van der Waals surface area contributed by atoms with Crippen molar-refractivity contribution >= 4 is 29.0 Å². The molecule has 4 rings (SSSR count). The second-order valence-electron chi connectivity index (χ2n) is 6.11. The Kier molecular flexibility index (Phi) is 3.32. The van der Waals surface area contributed by atoms with Crippen molar-refractivity contribution < 1.29 is 24.2 Å². The summed E-state index contributed by atoms with van der Waals surface area (Å²) in [7, 11) is 0. The molecule has 0 amide bonds. The summed E-state index contributed by atoms with van der Waals surface area (Å²) in [5.41, 5.74) is 5.51. The zero-order chi connectivity index (χ0) is 31.0. The fourth-order valence-electron chi connectivity index (χ4n) is 2.67. The summed E-state index contributed by atoms with van der Waals surface area (Å²) in [6.45, 7) is -8.69. The van der Waals surface area contributed by atoms with E-state index < -0.39 is 66.9 Å². The zero-order valence-corrected chi connectivity index (χ0v) is 16.6. The molecule has 3 heterocycles. The maximum atomic E-state index is 14.3. The van der Waals surface area contributed by atoms with E-state index in [1.165, 1.54) is 12.3 Å². The summed E-state index contributed by atoms with van der Waals surface area (Å²) >= 11 is 12.1. The Hall–Kier alpha value is -2.35. The molecule has 1 aromatic carbocycles. The predicted octanol–water partition coefficient (Wildman–Crippen LogP) is 5.04. The van der Waals surface area contributed by atoms with Crippen molar-refractivity contribution in [2.75, 3.05) is 18.7 Å². The van der Waals surface area contributed by atoms with Gasteiger partial charge < -0.3 is 15.8 Å². The number of hydrogen-bond acceptors (Lipinski definition) is 5. The van der Waals surface area contributed by atoms with Crippen molar-refractivity contribution in [3.8, 4) is 16.9 Å². The van der Waals surface area contributed by atoms with Crippen LogP contribution in [0.1, 0.15) is 52.4 Å². The minimum absolute atomic E-state index is 0.133. The Bertz CT molecular complexity index is 1500. The van der Waals surface area contributed by atoms with Crippen LogP contribution in [-0.2, 0) is 0 Å². The summed E-state index contributed by atoms with van der Waals surface area (Å²) in [5.74, 6) is -1.85. The first-order valence-corrected chi connectivity index (χ1v) is 9.25. The van der Waals surface area contributed by atoms with Gasteiger partial charge in [0.25, 0.3) is 0 Å². The number of anilines is 1. The Labute approximate surface area is 199 Å². The van der Waals surface area contributed by atoms with Crippen molar-refractivity contribution in [3.63, 3.8) is 0 Å². The number of ether oxygens (including phenoxy) is 1. The van der Waals surface area contributed by atoms with Gasteiger partial charge >= 0.3 is 0 Å². The van der Waals surface area contributed by atoms with Crippen LogP contribution in [0.15, 0.2) is 36.8 Å². The summed E-state index contributed by atoms with van der Waals surface area (Å²) in [5, 5.41) is 4.82. The molecule has 9 heteroatoms. The average molecular weight is 461 g/mol. The zero-order valence-electron chi connectivity index (χ0n) is 26.1. The second-order valence-corrected chi connectivity index (χ2v) is 6.89. The molecule has 0 bridgehead atoms. The first-order valence-electron chi connectivity index (χ1n) is 14.0. The molecule has 2 atom stereocenters. The van der Waals surface area contributed by atoms with E-state index in [0.29, 0.717) is 0 Å². The molecule has 30 heavy (non-hydrogen) atoms. The van der Waals surface area contributed by atoms with Crippen LogP contribution in [0.4, 0.5) is 10.2 Å². The molecule has 1 aliphatic rings. The van der Waals surface area contributed by atoms with E-state index in [1.54, 1.807) is 0 Å². The second kappa shape index (κ2) is 8.79. The summed E-state index contributed by atoms with van der Waals surface area (Å²) in [6.07, 6.45) is -3.31. The number of nitrogens with one attached hydrogen (secondary N) is 1. The molecule has 2 aromatic heterocycles. The topological polar surface area (TPSA) is 78.0 Å². The number of aromatic nitrogens is 3. The van der Waals surface area contributed by atoms with Gasteiger partial charge in [-0.1, -0.05) is 23.2 Å². The van der Waals surface area contributed by atoms with E-state index in [-0.39, 0.29) is 22.0 Å². The smallest absolute Gasteiger partial charge is 0.166 e. The molecule has 1 saturated heterocycles. The number of nitrogens with two attached hydrogens (primary N) is 1. The number of nitrogens with zero attached hydrogens (tertiary/aromatic N) is 3.